The summed E-state index contributed by atoms with van der Waals surface area (Å²) < 4.78 is 0. The normalized spacial score (nSPS) is 18.1. The van der Waals surface area contributed by atoms with Crippen molar-refractivity contribution >= 4 is 23.2 Å². The molecule has 1 aromatic carbocycles. The summed E-state index contributed by atoms with van der Waals surface area (Å²) in [7, 11) is 0. The molecule has 1 aliphatic carbocycles. The molecule has 1 aliphatic rings. The molecule has 1 fully saturated rings. The average molecular weight is 314 g/mol. The first-order valence-electron chi connectivity index (χ1n) is 7.80. The molecule has 1 aromatic rings. The van der Waals surface area contributed by atoms with Crippen LogP contribution in [0.4, 0.5) is 0 Å². The summed E-state index contributed by atoms with van der Waals surface area (Å²) in [6, 6.07) is 5.84. The minimum absolute atomic E-state index is 0.363. The molecule has 0 unspecified atom stereocenters. The zero-order valence-electron chi connectivity index (χ0n) is 12.4. The summed E-state index contributed by atoms with van der Waals surface area (Å²) in [4.78, 5) is 0. The molecule has 1 N–H and O–H groups in total. The fourth-order valence-corrected chi connectivity index (χ4v) is 3.71. The predicted molar refractivity (Wildman–Crippen MR) is 88.8 cm³/mol. The monoisotopic (exact) mass is 313 g/mol. The second-order valence-corrected chi connectivity index (χ2v) is 6.99. The highest BCUT2D eigenvalue weighted by molar-refractivity contribution is 6.33. The third kappa shape index (κ3) is 4.38. The molecule has 2 rings (SSSR count). The molecule has 112 valence electrons. The van der Waals surface area contributed by atoms with Gasteiger partial charge in [-0.2, -0.15) is 0 Å². The Morgan fingerprint density at radius 1 is 1.15 bits per heavy atom. The molecule has 3 heteroatoms. The topological polar surface area (TPSA) is 12.0 Å². The number of halogens is 2. The molecule has 1 nitrogen and oxygen atoms in total. The lowest BCUT2D eigenvalue weighted by atomic mass is 9.70. The largest absolute Gasteiger partial charge is 0.316 e. The summed E-state index contributed by atoms with van der Waals surface area (Å²) in [5, 5.41) is 5.27. The maximum atomic E-state index is 6.36. The van der Waals surface area contributed by atoms with E-state index in [1.807, 2.05) is 18.2 Å². The van der Waals surface area contributed by atoms with Gasteiger partial charge in [-0.15, -0.1) is 0 Å². The van der Waals surface area contributed by atoms with Crippen LogP contribution in [0.25, 0.3) is 0 Å². The summed E-state index contributed by atoms with van der Waals surface area (Å²) in [5.41, 5.74) is 1.57. The molecule has 0 aromatic heterocycles. The van der Waals surface area contributed by atoms with Crippen molar-refractivity contribution in [2.24, 2.45) is 5.41 Å². The molecule has 0 atom stereocenters. The van der Waals surface area contributed by atoms with Gasteiger partial charge in [0.05, 0.1) is 0 Å². The molecule has 0 saturated heterocycles. The van der Waals surface area contributed by atoms with Crippen LogP contribution in [0.3, 0.4) is 0 Å². The smallest absolute Gasteiger partial charge is 0.0439 e. The van der Waals surface area contributed by atoms with Crippen LogP contribution in [0.1, 0.15) is 51.0 Å². The van der Waals surface area contributed by atoms with Crippen LogP contribution < -0.4 is 5.32 Å². The molecule has 0 amide bonds. The standard InChI is InChI=1S/C17H25Cl2N/c1-2-10-20-13-17(8-4-3-5-9-17)12-14-11-15(18)6-7-16(14)19/h6-7,11,20H,2-5,8-10,12-13H2,1H3. The highest BCUT2D eigenvalue weighted by atomic mass is 35.5. The first kappa shape index (κ1) is 16.1. The van der Waals surface area contributed by atoms with Crippen LogP contribution in [0.5, 0.6) is 0 Å². The lowest BCUT2D eigenvalue weighted by molar-refractivity contribution is 0.181. The van der Waals surface area contributed by atoms with E-state index in [-0.39, 0.29) is 0 Å². The van der Waals surface area contributed by atoms with Crippen LogP contribution >= 0.6 is 23.2 Å². The zero-order chi connectivity index (χ0) is 14.4. The van der Waals surface area contributed by atoms with E-state index in [4.69, 9.17) is 23.2 Å². The molecule has 1 saturated carbocycles. The van der Waals surface area contributed by atoms with Crippen LogP contribution in [-0.2, 0) is 6.42 Å². The van der Waals surface area contributed by atoms with Gasteiger partial charge >= 0.3 is 0 Å². The van der Waals surface area contributed by atoms with E-state index >= 15 is 0 Å². The lowest BCUT2D eigenvalue weighted by Crippen LogP contribution is -2.38. The van der Waals surface area contributed by atoms with Gasteiger partial charge in [0.25, 0.3) is 0 Å². The first-order chi connectivity index (χ1) is 9.65. The van der Waals surface area contributed by atoms with Crippen molar-refractivity contribution in [2.75, 3.05) is 13.1 Å². The summed E-state index contributed by atoms with van der Waals surface area (Å²) in [6.07, 6.45) is 8.88. The van der Waals surface area contributed by atoms with Crippen LogP contribution in [0.2, 0.25) is 10.0 Å². The quantitative estimate of drug-likeness (QED) is 0.685. The molecular weight excluding hydrogens is 289 g/mol. The Morgan fingerprint density at radius 2 is 1.90 bits per heavy atom. The van der Waals surface area contributed by atoms with E-state index in [2.05, 4.69) is 12.2 Å². The number of hydrogen-bond acceptors (Lipinski definition) is 1. The Balaban J connectivity index is 2.12. The van der Waals surface area contributed by atoms with Crippen LogP contribution in [-0.4, -0.2) is 13.1 Å². The lowest BCUT2D eigenvalue weighted by Gasteiger charge is -2.38. The zero-order valence-corrected chi connectivity index (χ0v) is 13.9. The van der Waals surface area contributed by atoms with Gasteiger partial charge in [-0.25, -0.2) is 0 Å². The van der Waals surface area contributed by atoms with Crippen molar-refractivity contribution in [3.63, 3.8) is 0 Å². The fraction of sp³-hybridized carbons (Fsp3) is 0.647. The summed E-state index contributed by atoms with van der Waals surface area (Å²) in [6.45, 7) is 4.42. The number of rotatable bonds is 6. The van der Waals surface area contributed by atoms with Gasteiger partial charge in [0.15, 0.2) is 0 Å². The Kier molecular flexibility index (Phi) is 6.20. The second-order valence-electron chi connectivity index (χ2n) is 6.15. The first-order valence-corrected chi connectivity index (χ1v) is 8.55. The Bertz CT molecular complexity index is 425. The van der Waals surface area contributed by atoms with Crippen LogP contribution in [0.15, 0.2) is 18.2 Å². The van der Waals surface area contributed by atoms with E-state index < -0.39 is 0 Å². The van der Waals surface area contributed by atoms with E-state index in [1.54, 1.807) is 0 Å². The Labute approximate surface area is 133 Å². The molecular formula is C17H25Cl2N. The van der Waals surface area contributed by atoms with Gasteiger partial charge in [0, 0.05) is 16.6 Å². The van der Waals surface area contributed by atoms with Crippen LogP contribution in [0, 0.1) is 5.41 Å². The molecule has 0 heterocycles. The molecule has 0 spiro atoms. The van der Waals surface area contributed by atoms with E-state index in [0.29, 0.717) is 5.41 Å². The highest BCUT2D eigenvalue weighted by Gasteiger charge is 2.32. The SMILES string of the molecule is CCCNCC1(Cc2cc(Cl)ccc2Cl)CCCCC1. The average Bonchev–Trinajstić information content (AvgIpc) is 2.44. The predicted octanol–water partition coefficient (Wildman–Crippen LogP) is 5.49. The minimum atomic E-state index is 0.363. The summed E-state index contributed by atoms with van der Waals surface area (Å²) in [5.74, 6) is 0. The number of nitrogens with one attached hydrogen (secondary N) is 1. The van der Waals surface area contributed by atoms with Gasteiger partial charge in [0.1, 0.15) is 0 Å². The third-order valence-electron chi connectivity index (χ3n) is 4.41. The fourth-order valence-electron chi connectivity index (χ4n) is 3.33. The number of hydrogen-bond donors (Lipinski definition) is 1. The Morgan fingerprint density at radius 3 is 2.60 bits per heavy atom. The maximum absolute atomic E-state index is 6.36. The van der Waals surface area contributed by atoms with Gasteiger partial charge in [-0.3, -0.25) is 0 Å². The minimum Gasteiger partial charge on any atom is -0.316 e. The van der Waals surface area contributed by atoms with Crippen molar-refractivity contribution < 1.29 is 0 Å². The van der Waals surface area contributed by atoms with Gasteiger partial charge < -0.3 is 5.32 Å². The molecule has 0 radical (unpaired) electrons. The molecule has 0 bridgehead atoms. The van der Waals surface area contributed by atoms with Crippen molar-refractivity contribution in [2.45, 2.75) is 51.9 Å². The molecule has 0 aliphatic heterocycles. The van der Waals surface area contributed by atoms with E-state index in [1.165, 1.54) is 44.1 Å². The molecule has 20 heavy (non-hydrogen) atoms. The Hall–Kier alpha value is -0.240. The maximum Gasteiger partial charge on any atom is 0.0439 e. The van der Waals surface area contributed by atoms with Crippen molar-refractivity contribution in [1.29, 1.82) is 0 Å². The van der Waals surface area contributed by atoms with Crippen molar-refractivity contribution in [3.05, 3.63) is 33.8 Å². The third-order valence-corrected chi connectivity index (χ3v) is 5.02. The summed E-state index contributed by atoms with van der Waals surface area (Å²) >= 11 is 12.5. The van der Waals surface area contributed by atoms with Crippen molar-refractivity contribution in [1.82, 2.24) is 5.32 Å². The highest BCUT2D eigenvalue weighted by Crippen LogP contribution is 2.40. The van der Waals surface area contributed by atoms with E-state index in [9.17, 15) is 0 Å². The number of benzene rings is 1. The van der Waals surface area contributed by atoms with E-state index in [0.717, 1.165) is 29.6 Å². The van der Waals surface area contributed by atoms with Gasteiger partial charge in [0.2, 0.25) is 0 Å². The van der Waals surface area contributed by atoms with Gasteiger partial charge in [-0.05, 0) is 61.4 Å². The van der Waals surface area contributed by atoms with Gasteiger partial charge in [-0.1, -0.05) is 49.4 Å². The van der Waals surface area contributed by atoms with Crippen molar-refractivity contribution in [3.8, 4) is 0 Å². The second kappa shape index (κ2) is 7.68.